The van der Waals surface area contributed by atoms with Crippen LogP contribution in [0, 0.1) is 5.92 Å². The summed E-state index contributed by atoms with van der Waals surface area (Å²) in [6.45, 7) is 3.49. The molecule has 0 radical (unpaired) electrons. The first kappa shape index (κ1) is 11.8. The largest absolute Gasteiger partial charge is 0.454 e. The van der Waals surface area contributed by atoms with Crippen LogP contribution in [-0.2, 0) is 6.54 Å². The van der Waals surface area contributed by atoms with Crippen LogP contribution in [0.5, 0.6) is 11.5 Å². The number of benzene rings is 1. The van der Waals surface area contributed by atoms with Gasteiger partial charge in [-0.2, -0.15) is 0 Å². The van der Waals surface area contributed by atoms with Gasteiger partial charge in [-0.1, -0.05) is 31.4 Å². The first-order chi connectivity index (χ1) is 8.83. The summed E-state index contributed by atoms with van der Waals surface area (Å²) in [7, 11) is 0. The molecule has 1 aromatic rings. The smallest absolute Gasteiger partial charge is 0.231 e. The second-order valence-corrected chi connectivity index (χ2v) is 5.47. The number of fused-ring (bicyclic) bond motifs is 1. The third-order valence-electron chi connectivity index (χ3n) is 4.03. The number of rotatable bonds is 5. The van der Waals surface area contributed by atoms with Gasteiger partial charge in [-0.3, -0.25) is 0 Å². The first-order valence-electron chi connectivity index (χ1n) is 6.94. The van der Waals surface area contributed by atoms with E-state index < -0.39 is 0 Å². The molecule has 18 heavy (non-hydrogen) atoms. The molecule has 3 rings (SSSR count). The topological polar surface area (TPSA) is 30.5 Å². The minimum absolute atomic E-state index is 0.351. The van der Waals surface area contributed by atoms with E-state index in [1.807, 2.05) is 12.1 Å². The Labute approximate surface area is 108 Å². The van der Waals surface area contributed by atoms with E-state index in [4.69, 9.17) is 9.47 Å². The van der Waals surface area contributed by atoms with Crippen LogP contribution in [0.2, 0.25) is 0 Å². The van der Waals surface area contributed by atoms with Gasteiger partial charge in [-0.15, -0.1) is 0 Å². The van der Waals surface area contributed by atoms with Gasteiger partial charge >= 0.3 is 0 Å². The number of hydrogen-bond acceptors (Lipinski definition) is 3. The van der Waals surface area contributed by atoms with Crippen molar-refractivity contribution in [3.63, 3.8) is 0 Å². The third-order valence-corrected chi connectivity index (χ3v) is 4.03. The van der Waals surface area contributed by atoms with Gasteiger partial charge in [-0.05, 0) is 25.3 Å². The molecule has 1 heterocycles. The Morgan fingerprint density at radius 1 is 1.33 bits per heavy atom. The molecule has 3 heteroatoms. The highest BCUT2D eigenvalue weighted by molar-refractivity contribution is 5.48. The molecule has 98 valence electrons. The predicted molar refractivity (Wildman–Crippen MR) is 70.8 cm³/mol. The summed E-state index contributed by atoms with van der Waals surface area (Å²) in [6, 6.07) is 6.68. The molecular formula is C15H21NO2. The van der Waals surface area contributed by atoms with Crippen molar-refractivity contribution < 1.29 is 9.47 Å². The molecule has 0 saturated heterocycles. The van der Waals surface area contributed by atoms with Gasteiger partial charge in [0.2, 0.25) is 6.79 Å². The molecular weight excluding hydrogens is 226 g/mol. The Kier molecular flexibility index (Phi) is 3.41. The number of nitrogens with one attached hydrogen (secondary N) is 1. The fourth-order valence-electron chi connectivity index (χ4n) is 2.73. The molecule has 0 spiro atoms. The summed E-state index contributed by atoms with van der Waals surface area (Å²) in [5, 5.41) is 3.59. The predicted octanol–water partition coefficient (Wildman–Crippen LogP) is 3.08. The Hall–Kier alpha value is -1.22. The summed E-state index contributed by atoms with van der Waals surface area (Å²) in [6.07, 6.45) is 5.56. The van der Waals surface area contributed by atoms with Crippen molar-refractivity contribution in [1.29, 1.82) is 0 Å². The van der Waals surface area contributed by atoms with Gasteiger partial charge in [-0.25, -0.2) is 0 Å². The van der Waals surface area contributed by atoms with Gasteiger partial charge in [0.1, 0.15) is 0 Å². The fourth-order valence-corrected chi connectivity index (χ4v) is 2.73. The van der Waals surface area contributed by atoms with E-state index in [0.717, 1.165) is 24.0 Å². The van der Waals surface area contributed by atoms with Gasteiger partial charge in [0.05, 0.1) is 0 Å². The first-order valence-corrected chi connectivity index (χ1v) is 6.94. The van der Waals surface area contributed by atoms with E-state index in [-0.39, 0.29) is 0 Å². The molecule has 1 aromatic carbocycles. The summed E-state index contributed by atoms with van der Waals surface area (Å²) in [4.78, 5) is 0. The van der Waals surface area contributed by atoms with E-state index in [1.165, 1.54) is 31.2 Å². The summed E-state index contributed by atoms with van der Waals surface area (Å²) in [5.41, 5.74) is 1.20. The van der Waals surface area contributed by atoms with Crippen LogP contribution in [0.3, 0.4) is 0 Å². The zero-order chi connectivity index (χ0) is 12.4. The molecule has 1 atom stereocenters. The Balaban J connectivity index is 1.54. The molecule has 2 aliphatic rings. The molecule has 0 amide bonds. The van der Waals surface area contributed by atoms with Crippen molar-refractivity contribution in [1.82, 2.24) is 5.32 Å². The standard InChI is InChI=1S/C15H21NO2/c1-11(8-12-4-2-5-12)16-9-13-6-3-7-14-15(13)18-10-17-14/h3,6-7,11-12,16H,2,4-5,8-10H2,1H3. The lowest BCUT2D eigenvalue weighted by Gasteiger charge is -2.28. The normalized spacial score (nSPS) is 19.6. The Morgan fingerprint density at radius 3 is 3.00 bits per heavy atom. The average Bonchev–Trinajstić information content (AvgIpc) is 2.80. The van der Waals surface area contributed by atoms with Crippen molar-refractivity contribution in [2.45, 2.75) is 45.2 Å². The highest BCUT2D eigenvalue weighted by Gasteiger charge is 2.21. The van der Waals surface area contributed by atoms with Crippen molar-refractivity contribution >= 4 is 0 Å². The molecule has 0 aromatic heterocycles. The van der Waals surface area contributed by atoms with Crippen molar-refractivity contribution in [3.8, 4) is 11.5 Å². The monoisotopic (exact) mass is 247 g/mol. The van der Waals surface area contributed by atoms with E-state index in [2.05, 4.69) is 18.3 Å². The molecule has 1 fully saturated rings. The maximum Gasteiger partial charge on any atom is 0.231 e. The fraction of sp³-hybridized carbons (Fsp3) is 0.600. The molecule has 1 aliphatic carbocycles. The molecule has 1 aliphatic heterocycles. The molecule has 1 saturated carbocycles. The maximum atomic E-state index is 5.51. The van der Waals surface area contributed by atoms with Gasteiger partial charge < -0.3 is 14.8 Å². The SMILES string of the molecule is CC(CC1CCC1)NCc1cccc2c1OCO2. The van der Waals surface area contributed by atoms with E-state index in [0.29, 0.717) is 12.8 Å². The van der Waals surface area contributed by atoms with E-state index in [9.17, 15) is 0 Å². The second-order valence-electron chi connectivity index (χ2n) is 5.47. The molecule has 1 N–H and O–H groups in total. The van der Waals surface area contributed by atoms with Gasteiger partial charge in [0, 0.05) is 18.2 Å². The van der Waals surface area contributed by atoms with Crippen molar-refractivity contribution in [2.24, 2.45) is 5.92 Å². The van der Waals surface area contributed by atoms with Crippen LogP contribution in [-0.4, -0.2) is 12.8 Å². The lowest BCUT2D eigenvalue weighted by molar-refractivity contribution is 0.173. The highest BCUT2D eigenvalue weighted by atomic mass is 16.7. The highest BCUT2D eigenvalue weighted by Crippen LogP contribution is 2.35. The quantitative estimate of drug-likeness (QED) is 0.867. The Bertz CT molecular complexity index is 415. The van der Waals surface area contributed by atoms with E-state index >= 15 is 0 Å². The van der Waals surface area contributed by atoms with E-state index in [1.54, 1.807) is 0 Å². The van der Waals surface area contributed by atoms with Crippen LogP contribution in [0.4, 0.5) is 0 Å². The second kappa shape index (κ2) is 5.19. The van der Waals surface area contributed by atoms with Gasteiger partial charge in [0.25, 0.3) is 0 Å². The lowest BCUT2D eigenvalue weighted by Crippen LogP contribution is -2.29. The minimum atomic E-state index is 0.351. The van der Waals surface area contributed by atoms with Crippen LogP contribution in [0.25, 0.3) is 0 Å². The average molecular weight is 247 g/mol. The zero-order valence-corrected chi connectivity index (χ0v) is 10.9. The summed E-state index contributed by atoms with van der Waals surface area (Å²) < 4.78 is 10.9. The Morgan fingerprint density at radius 2 is 2.22 bits per heavy atom. The lowest BCUT2D eigenvalue weighted by atomic mass is 9.81. The van der Waals surface area contributed by atoms with Crippen molar-refractivity contribution in [3.05, 3.63) is 23.8 Å². The zero-order valence-electron chi connectivity index (χ0n) is 10.9. The summed E-state index contributed by atoms with van der Waals surface area (Å²) in [5.74, 6) is 2.75. The van der Waals surface area contributed by atoms with Crippen LogP contribution < -0.4 is 14.8 Å². The van der Waals surface area contributed by atoms with Gasteiger partial charge in [0.15, 0.2) is 11.5 Å². The molecule has 1 unspecified atom stereocenters. The number of para-hydroxylation sites is 1. The number of hydrogen-bond donors (Lipinski definition) is 1. The molecule has 0 bridgehead atoms. The summed E-state index contributed by atoms with van der Waals surface area (Å²) >= 11 is 0. The maximum absolute atomic E-state index is 5.51. The van der Waals surface area contributed by atoms with Crippen LogP contribution in [0.1, 0.15) is 38.2 Å². The third kappa shape index (κ3) is 2.46. The molecule has 3 nitrogen and oxygen atoms in total. The van der Waals surface area contributed by atoms with Crippen LogP contribution in [0.15, 0.2) is 18.2 Å². The minimum Gasteiger partial charge on any atom is -0.454 e. The van der Waals surface area contributed by atoms with Crippen molar-refractivity contribution in [2.75, 3.05) is 6.79 Å². The van der Waals surface area contributed by atoms with Crippen LogP contribution >= 0.6 is 0 Å². The number of ether oxygens (including phenoxy) is 2.